The Morgan fingerprint density at radius 3 is 2.76 bits per heavy atom. The molecule has 2 aromatic rings. The molecule has 0 aliphatic heterocycles. The number of carbonyl (C=O) groups is 1. The maximum absolute atomic E-state index is 12.2. The molecule has 1 aliphatic rings. The van der Waals surface area contributed by atoms with Crippen LogP contribution in [0.25, 0.3) is 10.8 Å². The molecule has 110 valence electrons. The number of nitrogens with two attached hydrogens (primary N) is 1. The van der Waals surface area contributed by atoms with Gasteiger partial charge in [-0.05, 0) is 41.7 Å². The van der Waals surface area contributed by atoms with Crippen molar-refractivity contribution in [3.63, 3.8) is 0 Å². The van der Waals surface area contributed by atoms with Gasteiger partial charge in [0, 0.05) is 18.5 Å². The molecule has 3 heteroatoms. The first kappa shape index (κ1) is 14.1. The Hall–Kier alpha value is -1.87. The minimum atomic E-state index is 0.0919. The van der Waals surface area contributed by atoms with Gasteiger partial charge >= 0.3 is 0 Å². The highest BCUT2D eigenvalue weighted by Gasteiger charge is 2.24. The van der Waals surface area contributed by atoms with Gasteiger partial charge in [0.2, 0.25) is 5.91 Å². The van der Waals surface area contributed by atoms with Crippen LogP contribution in [-0.2, 0) is 11.3 Å². The molecular formula is C18H22N2O. The first-order chi connectivity index (χ1) is 10.2. The van der Waals surface area contributed by atoms with Crippen LogP contribution in [0.4, 0.5) is 0 Å². The lowest BCUT2D eigenvalue weighted by Crippen LogP contribution is -2.37. The van der Waals surface area contributed by atoms with Crippen molar-refractivity contribution in [2.75, 3.05) is 0 Å². The molecular weight excluding hydrogens is 260 g/mol. The molecule has 1 aliphatic carbocycles. The van der Waals surface area contributed by atoms with Crippen LogP contribution in [0, 0.1) is 5.92 Å². The Labute approximate surface area is 125 Å². The minimum Gasteiger partial charge on any atom is -0.352 e. The minimum absolute atomic E-state index is 0.0919. The van der Waals surface area contributed by atoms with Gasteiger partial charge in [-0.15, -0.1) is 0 Å². The predicted octanol–water partition coefficient (Wildman–Crippen LogP) is 2.97. The fourth-order valence-corrected chi connectivity index (χ4v) is 3.15. The highest BCUT2D eigenvalue weighted by Crippen LogP contribution is 2.23. The van der Waals surface area contributed by atoms with Gasteiger partial charge in [-0.3, -0.25) is 4.79 Å². The van der Waals surface area contributed by atoms with Crippen LogP contribution in [0.2, 0.25) is 0 Å². The van der Waals surface area contributed by atoms with E-state index in [2.05, 4.69) is 35.6 Å². The summed E-state index contributed by atoms with van der Waals surface area (Å²) < 4.78 is 0. The maximum atomic E-state index is 12.2. The Morgan fingerprint density at radius 1 is 1.14 bits per heavy atom. The molecule has 3 nitrogen and oxygen atoms in total. The SMILES string of the molecule is NC1CCCC(C(=O)NCc2ccc3ccccc3c2)C1. The summed E-state index contributed by atoms with van der Waals surface area (Å²) in [5.74, 6) is 0.243. The normalized spacial score (nSPS) is 22.1. The highest BCUT2D eigenvalue weighted by atomic mass is 16.1. The number of amides is 1. The van der Waals surface area contributed by atoms with Gasteiger partial charge < -0.3 is 11.1 Å². The van der Waals surface area contributed by atoms with Gasteiger partial charge in [-0.1, -0.05) is 42.8 Å². The smallest absolute Gasteiger partial charge is 0.223 e. The highest BCUT2D eigenvalue weighted by molar-refractivity contribution is 5.83. The molecule has 1 saturated carbocycles. The molecule has 0 radical (unpaired) electrons. The van der Waals surface area contributed by atoms with E-state index < -0.39 is 0 Å². The summed E-state index contributed by atoms with van der Waals surface area (Å²) in [5, 5.41) is 5.50. The topological polar surface area (TPSA) is 55.1 Å². The zero-order chi connectivity index (χ0) is 14.7. The van der Waals surface area contributed by atoms with Crippen LogP contribution in [0.5, 0.6) is 0 Å². The third-order valence-corrected chi connectivity index (χ3v) is 4.37. The summed E-state index contributed by atoms with van der Waals surface area (Å²) in [6, 6.07) is 14.8. The molecule has 1 fully saturated rings. The molecule has 0 bridgehead atoms. The van der Waals surface area contributed by atoms with Crippen molar-refractivity contribution in [3.05, 3.63) is 48.0 Å². The number of hydrogen-bond donors (Lipinski definition) is 2. The van der Waals surface area contributed by atoms with Crippen molar-refractivity contribution in [2.24, 2.45) is 11.7 Å². The van der Waals surface area contributed by atoms with E-state index in [-0.39, 0.29) is 17.9 Å². The Bertz CT molecular complexity index is 638. The van der Waals surface area contributed by atoms with E-state index in [1.165, 1.54) is 10.8 Å². The zero-order valence-corrected chi connectivity index (χ0v) is 12.2. The summed E-state index contributed by atoms with van der Waals surface area (Å²) in [6.45, 7) is 0.593. The number of benzene rings is 2. The Morgan fingerprint density at radius 2 is 1.95 bits per heavy atom. The van der Waals surface area contributed by atoms with Crippen LogP contribution in [0.1, 0.15) is 31.2 Å². The molecule has 0 aromatic heterocycles. The second-order valence-corrected chi connectivity index (χ2v) is 6.02. The van der Waals surface area contributed by atoms with Gasteiger partial charge in [0.1, 0.15) is 0 Å². The molecule has 21 heavy (non-hydrogen) atoms. The van der Waals surface area contributed by atoms with Gasteiger partial charge in [0.15, 0.2) is 0 Å². The molecule has 1 amide bonds. The molecule has 0 heterocycles. The van der Waals surface area contributed by atoms with Gasteiger partial charge in [-0.2, -0.15) is 0 Å². The summed E-state index contributed by atoms with van der Waals surface area (Å²) in [6.07, 6.45) is 3.91. The molecule has 2 unspecified atom stereocenters. The number of fused-ring (bicyclic) bond motifs is 1. The molecule has 0 saturated heterocycles. The van der Waals surface area contributed by atoms with E-state index in [9.17, 15) is 4.79 Å². The van der Waals surface area contributed by atoms with Crippen LogP contribution in [0.3, 0.4) is 0 Å². The zero-order valence-electron chi connectivity index (χ0n) is 12.2. The number of carbonyl (C=O) groups excluding carboxylic acids is 1. The third-order valence-electron chi connectivity index (χ3n) is 4.37. The summed E-state index contributed by atoms with van der Waals surface area (Å²) in [4.78, 5) is 12.2. The first-order valence-corrected chi connectivity index (χ1v) is 7.73. The van der Waals surface area contributed by atoms with Gasteiger partial charge in [0.05, 0.1) is 0 Å². The summed E-state index contributed by atoms with van der Waals surface area (Å²) in [5.41, 5.74) is 7.09. The summed E-state index contributed by atoms with van der Waals surface area (Å²) in [7, 11) is 0. The van der Waals surface area contributed by atoms with E-state index >= 15 is 0 Å². The standard InChI is InChI=1S/C18H22N2O/c19-17-7-3-6-16(11-17)18(21)20-12-13-8-9-14-4-1-2-5-15(14)10-13/h1-2,4-5,8-10,16-17H,3,6-7,11-12,19H2,(H,20,21). The monoisotopic (exact) mass is 282 g/mol. The number of hydrogen-bond acceptors (Lipinski definition) is 2. The molecule has 3 N–H and O–H groups in total. The van der Waals surface area contributed by atoms with E-state index in [0.29, 0.717) is 6.54 Å². The van der Waals surface area contributed by atoms with Crippen molar-refractivity contribution >= 4 is 16.7 Å². The second kappa shape index (κ2) is 6.27. The quantitative estimate of drug-likeness (QED) is 0.909. The Balaban J connectivity index is 1.61. The van der Waals surface area contributed by atoms with Crippen molar-refractivity contribution in [2.45, 2.75) is 38.3 Å². The average molecular weight is 282 g/mol. The lowest BCUT2D eigenvalue weighted by atomic mass is 9.85. The van der Waals surface area contributed by atoms with Gasteiger partial charge in [0.25, 0.3) is 0 Å². The molecule has 2 aromatic carbocycles. The van der Waals surface area contributed by atoms with Crippen molar-refractivity contribution in [1.82, 2.24) is 5.32 Å². The third kappa shape index (κ3) is 3.42. The Kier molecular flexibility index (Phi) is 4.20. The largest absolute Gasteiger partial charge is 0.352 e. The van der Waals surface area contributed by atoms with Crippen molar-refractivity contribution in [3.8, 4) is 0 Å². The fourth-order valence-electron chi connectivity index (χ4n) is 3.15. The second-order valence-electron chi connectivity index (χ2n) is 6.02. The van der Waals surface area contributed by atoms with Gasteiger partial charge in [-0.25, -0.2) is 0 Å². The summed E-state index contributed by atoms with van der Waals surface area (Å²) >= 11 is 0. The van der Waals surface area contributed by atoms with Crippen LogP contribution in [-0.4, -0.2) is 11.9 Å². The van der Waals surface area contributed by atoms with E-state index in [1.807, 2.05) is 12.1 Å². The number of nitrogens with one attached hydrogen (secondary N) is 1. The van der Waals surface area contributed by atoms with E-state index in [0.717, 1.165) is 31.2 Å². The predicted molar refractivity (Wildman–Crippen MR) is 85.7 cm³/mol. The van der Waals surface area contributed by atoms with E-state index in [1.54, 1.807) is 0 Å². The molecule has 2 atom stereocenters. The van der Waals surface area contributed by atoms with Crippen LogP contribution < -0.4 is 11.1 Å². The van der Waals surface area contributed by atoms with E-state index in [4.69, 9.17) is 5.73 Å². The first-order valence-electron chi connectivity index (χ1n) is 7.73. The van der Waals surface area contributed by atoms with Crippen molar-refractivity contribution in [1.29, 1.82) is 0 Å². The van der Waals surface area contributed by atoms with Crippen LogP contribution in [0.15, 0.2) is 42.5 Å². The molecule has 0 spiro atoms. The average Bonchev–Trinajstić information content (AvgIpc) is 2.52. The number of rotatable bonds is 3. The fraction of sp³-hybridized carbons (Fsp3) is 0.389. The maximum Gasteiger partial charge on any atom is 0.223 e. The molecule has 3 rings (SSSR count). The van der Waals surface area contributed by atoms with Crippen LogP contribution >= 0.6 is 0 Å². The lowest BCUT2D eigenvalue weighted by molar-refractivity contribution is -0.126. The lowest BCUT2D eigenvalue weighted by Gasteiger charge is -2.25. The van der Waals surface area contributed by atoms with Crippen molar-refractivity contribution < 1.29 is 4.79 Å².